The number of amides is 1. The van der Waals surface area contributed by atoms with Crippen LogP contribution in [0, 0.1) is 5.92 Å². The van der Waals surface area contributed by atoms with Gasteiger partial charge in [-0.2, -0.15) is 0 Å². The van der Waals surface area contributed by atoms with Crippen LogP contribution in [-0.4, -0.2) is 47.7 Å². The minimum Gasteiger partial charge on any atom is -0.494 e. The Labute approximate surface area is 190 Å². The van der Waals surface area contributed by atoms with E-state index in [4.69, 9.17) is 14.2 Å². The summed E-state index contributed by atoms with van der Waals surface area (Å²) in [5, 5.41) is 2.86. The number of benzene rings is 2. The molecule has 2 rings (SSSR count). The van der Waals surface area contributed by atoms with Gasteiger partial charge in [0, 0.05) is 12.1 Å². The first-order valence-corrected chi connectivity index (χ1v) is 11.8. The smallest absolute Gasteiger partial charge is 0.264 e. The summed E-state index contributed by atoms with van der Waals surface area (Å²) in [7, 11) is -1.19. The van der Waals surface area contributed by atoms with Crippen molar-refractivity contribution in [1.29, 1.82) is 0 Å². The Bertz CT molecular complexity index is 1010. The summed E-state index contributed by atoms with van der Waals surface area (Å²) in [6.45, 7) is 7.82. The number of ether oxygens (including phenoxy) is 3. The molecule has 2 aromatic rings. The molecular weight excluding hydrogens is 432 g/mol. The molecule has 8 nitrogen and oxygen atoms in total. The Kier molecular flexibility index (Phi) is 8.77. The first-order valence-electron chi connectivity index (χ1n) is 10.4. The second kappa shape index (κ2) is 11.1. The van der Waals surface area contributed by atoms with Gasteiger partial charge in [0.1, 0.15) is 12.3 Å². The first kappa shape index (κ1) is 25.3. The van der Waals surface area contributed by atoms with Crippen LogP contribution in [0.15, 0.2) is 47.4 Å². The van der Waals surface area contributed by atoms with E-state index in [0.717, 1.165) is 4.31 Å². The van der Waals surface area contributed by atoms with Gasteiger partial charge >= 0.3 is 0 Å². The zero-order chi connectivity index (χ0) is 23.9. The maximum absolute atomic E-state index is 13.6. The zero-order valence-corrected chi connectivity index (χ0v) is 20.2. The Balaban J connectivity index is 2.47. The highest BCUT2D eigenvalue weighted by Gasteiger charge is 2.29. The molecule has 0 radical (unpaired) electrons. The normalized spacial score (nSPS) is 12.2. The van der Waals surface area contributed by atoms with Crippen molar-refractivity contribution in [3.8, 4) is 17.2 Å². The number of anilines is 1. The minimum atomic E-state index is -4.09. The average Bonchev–Trinajstić information content (AvgIpc) is 2.77. The van der Waals surface area contributed by atoms with Gasteiger partial charge < -0.3 is 19.5 Å². The summed E-state index contributed by atoms with van der Waals surface area (Å²) >= 11 is 0. The lowest BCUT2D eigenvalue weighted by molar-refractivity contribution is -0.120. The van der Waals surface area contributed by atoms with Gasteiger partial charge in [-0.15, -0.1) is 0 Å². The molecule has 1 amide bonds. The van der Waals surface area contributed by atoms with E-state index in [9.17, 15) is 13.2 Å². The van der Waals surface area contributed by atoms with Crippen LogP contribution in [-0.2, 0) is 14.8 Å². The SMILES string of the molecule is CCOc1ccc(N(CC(=O)N[C@@H](C)C(C)C)S(=O)(=O)c2ccc(OC)c(OC)c2)cc1. The molecule has 32 heavy (non-hydrogen) atoms. The molecule has 0 bridgehead atoms. The van der Waals surface area contributed by atoms with Gasteiger partial charge in [-0.3, -0.25) is 9.10 Å². The quantitative estimate of drug-likeness (QED) is 0.547. The van der Waals surface area contributed by atoms with Crippen LogP contribution in [0.25, 0.3) is 0 Å². The van der Waals surface area contributed by atoms with E-state index >= 15 is 0 Å². The summed E-state index contributed by atoms with van der Waals surface area (Å²) in [6, 6.07) is 10.8. The zero-order valence-electron chi connectivity index (χ0n) is 19.4. The molecule has 1 atom stereocenters. The van der Waals surface area contributed by atoms with Gasteiger partial charge in [0.05, 0.1) is 31.4 Å². The van der Waals surface area contributed by atoms with Crippen LogP contribution in [0.5, 0.6) is 17.2 Å². The lowest BCUT2D eigenvalue weighted by Gasteiger charge is -2.26. The summed E-state index contributed by atoms with van der Waals surface area (Å²) in [5.41, 5.74) is 0.343. The van der Waals surface area contributed by atoms with Crippen molar-refractivity contribution in [2.24, 2.45) is 5.92 Å². The number of nitrogens with zero attached hydrogens (tertiary/aromatic N) is 1. The third kappa shape index (κ3) is 6.06. The standard InChI is InChI=1S/C23H32N2O6S/c1-7-31-19-10-8-18(9-11-19)25(15-23(26)24-17(4)16(2)3)32(27,28)20-12-13-21(29-5)22(14-20)30-6/h8-14,16-17H,7,15H2,1-6H3,(H,24,26)/t17-/m0/s1. The Morgan fingerprint density at radius 2 is 1.62 bits per heavy atom. The van der Waals surface area contributed by atoms with Crippen LogP contribution in [0.2, 0.25) is 0 Å². The number of sulfonamides is 1. The molecule has 0 aromatic heterocycles. The molecule has 0 fully saturated rings. The van der Waals surface area contributed by atoms with E-state index in [0.29, 0.717) is 23.8 Å². The molecule has 0 aliphatic heterocycles. The van der Waals surface area contributed by atoms with Crippen LogP contribution < -0.4 is 23.8 Å². The molecule has 0 spiro atoms. The highest BCUT2D eigenvalue weighted by molar-refractivity contribution is 7.92. The lowest BCUT2D eigenvalue weighted by Crippen LogP contribution is -2.45. The van der Waals surface area contributed by atoms with Gasteiger partial charge in [0.15, 0.2) is 11.5 Å². The predicted octanol–water partition coefficient (Wildman–Crippen LogP) is 3.46. The summed E-state index contributed by atoms with van der Waals surface area (Å²) in [6.07, 6.45) is 0. The van der Waals surface area contributed by atoms with E-state index in [1.807, 2.05) is 27.7 Å². The fourth-order valence-electron chi connectivity index (χ4n) is 2.89. The van der Waals surface area contributed by atoms with Crippen LogP contribution in [0.4, 0.5) is 5.69 Å². The van der Waals surface area contributed by atoms with Crippen molar-refractivity contribution in [3.63, 3.8) is 0 Å². The maximum atomic E-state index is 13.6. The molecule has 2 aromatic carbocycles. The number of rotatable bonds is 11. The Hall–Kier alpha value is -2.94. The predicted molar refractivity (Wildman–Crippen MR) is 124 cm³/mol. The number of carbonyl (C=O) groups excluding carboxylic acids is 1. The van der Waals surface area contributed by atoms with Crippen LogP contribution >= 0.6 is 0 Å². The molecule has 0 aliphatic rings. The molecule has 1 N–H and O–H groups in total. The molecular formula is C23H32N2O6S. The summed E-state index contributed by atoms with van der Waals surface area (Å²) in [4.78, 5) is 12.7. The number of hydrogen-bond acceptors (Lipinski definition) is 6. The van der Waals surface area contributed by atoms with E-state index in [1.54, 1.807) is 24.3 Å². The fourth-order valence-corrected chi connectivity index (χ4v) is 4.33. The van der Waals surface area contributed by atoms with Crippen molar-refractivity contribution in [2.45, 2.75) is 38.6 Å². The van der Waals surface area contributed by atoms with Crippen molar-refractivity contribution in [1.82, 2.24) is 5.32 Å². The number of hydrogen-bond donors (Lipinski definition) is 1. The van der Waals surface area contributed by atoms with Gasteiger partial charge in [0.25, 0.3) is 10.0 Å². The van der Waals surface area contributed by atoms with Crippen molar-refractivity contribution >= 4 is 21.6 Å². The fraction of sp³-hybridized carbons (Fsp3) is 0.435. The van der Waals surface area contributed by atoms with E-state index in [1.165, 1.54) is 32.4 Å². The van der Waals surface area contributed by atoms with E-state index in [-0.39, 0.29) is 29.1 Å². The first-order chi connectivity index (χ1) is 15.1. The van der Waals surface area contributed by atoms with Crippen LogP contribution in [0.3, 0.4) is 0 Å². The van der Waals surface area contributed by atoms with E-state index < -0.39 is 15.9 Å². The van der Waals surface area contributed by atoms with Crippen molar-refractivity contribution < 1.29 is 27.4 Å². The summed E-state index contributed by atoms with van der Waals surface area (Å²) in [5.74, 6) is 1.10. The van der Waals surface area contributed by atoms with Crippen molar-refractivity contribution in [3.05, 3.63) is 42.5 Å². The second-order valence-electron chi connectivity index (χ2n) is 7.56. The topological polar surface area (TPSA) is 94.2 Å². The molecule has 0 aliphatic carbocycles. The van der Waals surface area contributed by atoms with Gasteiger partial charge in [-0.1, -0.05) is 13.8 Å². The lowest BCUT2D eigenvalue weighted by atomic mass is 10.1. The van der Waals surface area contributed by atoms with Gasteiger partial charge in [-0.25, -0.2) is 8.42 Å². The molecule has 0 heterocycles. The highest BCUT2D eigenvalue weighted by Crippen LogP contribution is 2.32. The molecule has 176 valence electrons. The van der Waals surface area contributed by atoms with Gasteiger partial charge in [-0.05, 0) is 56.2 Å². The molecule has 0 saturated carbocycles. The third-order valence-corrected chi connectivity index (χ3v) is 6.82. The second-order valence-corrected chi connectivity index (χ2v) is 9.42. The number of methoxy groups -OCH3 is 2. The largest absolute Gasteiger partial charge is 0.494 e. The molecule has 0 unspecified atom stereocenters. The third-order valence-electron chi connectivity index (χ3n) is 5.05. The Morgan fingerprint density at radius 3 is 2.16 bits per heavy atom. The monoisotopic (exact) mass is 464 g/mol. The number of carbonyl (C=O) groups is 1. The van der Waals surface area contributed by atoms with Crippen LogP contribution in [0.1, 0.15) is 27.7 Å². The summed E-state index contributed by atoms with van der Waals surface area (Å²) < 4.78 is 44.2. The molecule has 0 saturated heterocycles. The minimum absolute atomic E-state index is 0.0197. The van der Waals surface area contributed by atoms with E-state index in [2.05, 4.69) is 5.32 Å². The Morgan fingerprint density at radius 1 is 1.00 bits per heavy atom. The van der Waals surface area contributed by atoms with Crippen molar-refractivity contribution in [2.75, 3.05) is 31.7 Å². The number of nitrogens with one attached hydrogen (secondary N) is 1. The molecule has 9 heteroatoms. The van der Waals surface area contributed by atoms with Gasteiger partial charge in [0.2, 0.25) is 5.91 Å². The maximum Gasteiger partial charge on any atom is 0.264 e. The highest BCUT2D eigenvalue weighted by atomic mass is 32.2. The average molecular weight is 465 g/mol.